The van der Waals surface area contributed by atoms with Crippen LogP contribution in [0, 0.1) is 5.92 Å². The van der Waals surface area contributed by atoms with E-state index < -0.39 is 0 Å². The highest BCUT2D eigenvalue weighted by atomic mass is 15.4. The van der Waals surface area contributed by atoms with Crippen molar-refractivity contribution in [1.82, 2.24) is 20.3 Å². The Morgan fingerprint density at radius 2 is 2.17 bits per heavy atom. The Hall–Kier alpha value is -0.900. The number of hydrogen-bond donors (Lipinski definition) is 1. The molecule has 0 saturated heterocycles. The van der Waals surface area contributed by atoms with Crippen LogP contribution >= 0.6 is 0 Å². The molecular formula is C14H26N4. The van der Waals surface area contributed by atoms with E-state index in [2.05, 4.69) is 34.3 Å². The summed E-state index contributed by atoms with van der Waals surface area (Å²) in [4.78, 5) is 0. The minimum absolute atomic E-state index is 0.640. The van der Waals surface area contributed by atoms with Gasteiger partial charge in [0.2, 0.25) is 0 Å². The van der Waals surface area contributed by atoms with Crippen LogP contribution in [-0.4, -0.2) is 28.6 Å². The molecule has 2 unspecified atom stereocenters. The maximum Gasteiger partial charge on any atom is 0.0728 e. The van der Waals surface area contributed by atoms with Crippen molar-refractivity contribution in [1.29, 1.82) is 0 Å². The van der Waals surface area contributed by atoms with Gasteiger partial charge >= 0.3 is 0 Å². The fourth-order valence-corrected chi connectivity index (χ4v) is 3.22. The molecule has 4 heteroatoms. The van der Waals surface area contributed by atoms with Gasteiger partial charge in [0.25, 0.3) is 0 Å². The second-order valence-corrected chi connectivity index (χ2v) is 5.44. The summed E-state index contributed by atoms with van der Waals surface area (Å²) >= 11 is 0. The van der Waals surface area contributed by atoms with Gasteiger partial charge in [0, 0.05) is 12.5 Å². The molecule has 1 aromatic rings. The van der Waals surface area contributed by atoms with Crippen LogP contribution in [0.1, 0.15) is 57.1 Å². The molecule has 1 fully saturated rings. The molecule has 2 atom stereocenters. The van der Waals surface area contributed by atoms with E-state index >= 15 is 0 Å². The highest BCUT2D eigenvalue weighted by Crippen LogP contribution is 2.35. The third kappa shape index (κ3) is 3.10. The summed E-state index contributed by atoms with van der Waals surface area (Å²) in [5, 5.41) is 11.7. The number of rotatable bonds is 5. The molecule has 0 spiro atoms. The van der Waals surface area contributed by atoms with Gasteiger partial charge in [-0.2, -0.15) is 0 Å². The van der Waals surface area contributed by atoms with E-state index in [0.29, 0.717) is 5.92 Å². The lowest BCUT2D eigenvalue weighted by Crippen LogP contribution is -2.25. The zero-order valence-electron chi connectivity index (χ0n) is 11.7. The molecule has 0 amide bonds. The summed E-state index contributed by atoms with van der Waals surface area (Å²) in [6.07, 6.45) is 9.85. The smallest absolute Gasteiger partial charge is 0.0728 e. The summed E-state index contributed by atoms with van der Waals surface area (Å²) in [6, 6.07) is 0. The van der Waals surface area contributed by atoms with Gasteiger partial charge < -0.3 is 5.32 Å². The second kappa shape index (κ2) is 6.88. The highest BCUT2D eigenvalue weighted by molar-refractivity contribution is 5.06. The molecular weight excluding hydrogens is 224 g/mol. The van der Waals surface area contributed by atoms with Crippen molar-refractivity contribution < 1.29 is 0 Å². The first kappa shape index (κ1) is 13.5. The van der Waals surface area contributed by atoms with Crippen molar-refractivity contribution >= 4 is 0 Å². The maximum atomic E-state index is 4.25. The van der Waals surface area contributed by atoms with E-state index in [1.807, 2.05) is 6.20 Å². The average Bonchev–Trinajstić information content (AvgIpc) is 2.69. The van der Waals surface area contributed by atoms with E-state index in [0.717, 1.165) is 25.4 Å². The molecule has 1 aliphatic carbocycles. The predicted molar refractivity (Wildman–Crippen MR) is 73.6 cm³/mol. The standard InChI is InChI=1S/C14H26N4/c1-3-9-18-14(11-16-17-18)13-8-6-4-5-7-12(13)10-15-2/h11-13,15H,3-10H2,1-2H3. The van der Waals surface area contributed by atoms with Gasteiger partial charge in [-0.3, -0.25) is 0 Å². The van der Waals surface area contributed by atoms with Gasteiger partial charge in [-0.25, -0.2) is 4.68 Å². The fourth-order valence-electron chi connectivity index (χ4n) is 3.22. The number of aryl methyl sites for hydroxylation is 1. The van der Waals surface area contributed by atoms with Crippen molar-refractivity contribution in [3.8, 4) is 0 Å². The summed E-state index contributed by atoms with van der Waals surface area (Å²) < 4.78 is 2.12. The summed E-state index contributed by atoms with van der Waals surface area (Å²) in [5.74, 6) is 1.38. The Morgan fingerprint density at radius 1 is 1.33 bits per heavy atom. The summed E-state index contributed by atoms with van der Waals surface area (Å²) in [5.41, 5.74) is 1.36. The predicted octanol–water partition coefficient (Wildman–Crippen LogP) is 2.57. The van der Waals surface area contributed by atoms with Crippen molar-refractivity contribution in [2.75, 3.05) is 13.6 Å². The minimum Gasteiger partial charge on any atom is -0.319 e. The van der Waals surface area contributed by atoms with Gasteiger partial charge in [0.1, 0.15) is 0 Å². The molecule has 18 heavy (non-hydrogen) atoms. The van der Waals surface area contributed by atoms with E-state index in [9.17, 15) is 0 Å². The lowest BCUT2D eigenvalue weighted by molar-refractivity contribution is 0.364. The van der Waals surface area contributed by atoms with Crippen LogP contribution in [0.4, 0.5) is 0 Å². The van der Waals surface area contributed by atoms with Crippen LogP contribution in [0.5, 0.6) is 0 Å². The Morgan fingerprint density at radius 3 is 2.94 bits per heavy atom. The fraction of sp³-hybridized carbons (Fsp3) is 0.857. The minimum atomic E-state index is 0.640. The third-order valence-corrected chi connectivity index (χ3v) is 4.09. The molecule has 1 aromatic heterocycles. The Bertz CT molecular complexity index is 347. The molecule has 1 heterocycles. The Kier molecular flexibility index (Phi) is 5.17. The van der Waals surface area contributed by atoms with Crippen LogP contribution in [0.25, 0.3) is 0 Å². The van der Waals surface area contributed by atoms with Crippen LogP contribution in [0.2, 0.25) is 0 Å². The average molecular weight is 250 g/mol. The molecule has 4 nitrogen and oxygen atoms in total. The van der Waals surface area contributed by atoms with Crippen LogP contribution in [-0.2, 0) is 6.54 Å². The molecule has 0 bridgehead atoms. The molecule has 0 aliphatic heterocycles. The van der Waals surface area contributed by atoms with Crippen molar-refractivity contribution in [3.63, 3.8) is 0 Å². The monoisotopic (exact) mass is 250 g/mol. The topological polar surface area (TPSA) is 42.7 Å². The number of hydrogen-bond acceptors (Lipinski definition) is 3. The van der Waals surface area contributed by atoms with E-state index in [-0.39, 0.29) is 0 Å². The third-order valence-electron chi connectivity index (χ3n) is 4.09. The lowest BCUT2D eigenvalue weighted by Gasteiger charge is -2.25. The van der Waals surface area contributed by atoms with Crippen molar-refractivity contribution in [2.45, 2.75) is 57.9 Å². The summed E-state index contributed by atoms with van der Waals surface area (Å²) in [7, 11) is 2.06. The number of nitrogens with one attached hydrogen (secondary N) is 1. The molecule has 0 aromatic carbocycles. The van der Waals surface area contributed by atoms with Crippen LogP contribution in [0.3, 0.4) is 0 Å². The van der Waals surface area contributed by atoms with Crippen LogP contribution < -0.4 is 5.32 Å². The quantitative estimate of drug-likeness (QED) is 0.817. The molecule has 2 rings (SSSR count). The molecule has 1 aliphatic rings. The van der Waals surface area contributed by atoms with Gasteiger partial charge in [-0.15, -0.1) is 5.10 Å². The summed E-state index contributed by atoms with van der Waals surface area (Å²) in [6.45, 7) is 4.31. The van der Waals surface area contributed by atoms with Crippen molar-refractivity contribution in [2.24, 2.45) is 5.92 Å². The normalized spacial score (nSPS) is 25.0. The second-order valence-electron chi connectivity index (χ2n) is 5.44. The lowest BCUT2D eigenvalue weighted by atomic mass is 9.85. The van der Waals surface area contributed by atoms with Gasteiger partial charge in [0.15, 0.2) is 0 Å². The van der Waals surface area contributed by atoms with Gasteiger partial charge in [-0.05, 0) is 38.8 Å². The zero-order chi connectivity index (χ0) is 12.8. The van der Waals surface area contributed by atoms with Crippen molar-refractivity contribution in [3.05, 3.63) is 11.9 Å². The first-order valence-corrected chi connectivity index (χ1v) is 7.39. The molecule has 0 radical (unpaired) electrons. The van der Waals surface area contributed by atoms with E-state index in [1.165, 1.54) is 37.8 Å². The number of aromatic nitrogens is 3. The highest BCUT2D eigenvalue weighted by Gasteiger charge is 2.27. The van der Waals surface area contributed by atoms with Gasteiger partial charge in [-0.1, -0.05) is 31.4 Å². The Labute approximate surface area is 110 Å². The molecule has 1 saturated carbocycles. The van der Waals surface area contributed by atoms with E-state index in [4.69, 9.17) is 0 Å². The van der Waals surface area contributed by atoms with E-state index in [1.54, 1.807) is 0 Å². The first-order valence-electron chi connectivity index (χ1n) is 7.39. The SMILES string of the molecule is CCCn1nncc1C1CCCCCC1CNC. The zero-order valence-corrected chi connectivity index (χ0v) is 11.7. The Balaban J connectivity index is 2.17. The van der Waals surface area contributed by atoms with Crippen LogP contribution in [0.15, 0.2) is 6.20 Å². The molecule has 102 valence electrons. The maximum absolute atomic E-state index is 4.25. The largest absolute Gasteiger partial charge is 0.319 e. The first-order chi connectivity index (χ1) is 8.86. The van der Waals surface area contributed by atoms with Gasteiger partial charge in [0.05, 0.1) is 11.9 Å². The number of nitrogens with zero attached hydrogens (tertiary/aromatic N) is 3. The molecule has 1 N–H and O–H groups in total.